The summed E-state index contributed by atoms with van der Waals surface area (Å²) < 4.78 is 1.89. The van der Waals surface area contributed by atoms with Crippen LogP contribution in [-0.4, -0.2) is 61.3 Å². The van der Waals surface area contributed by atoms with Gasteiger partial charge in [0, 0.05) is 56.0 Å². The van der Waals surface area contributed by atoms with Crippen molar-refractivity contribution in [2.45, 2.75) is 19.5 Å². The number of piperazine rings is 1. The minimum absolute atomic E-state index is 0.202. The van der Waals surface area contributed by atoms with Gasteiger partial charge in [-0.3, -0.25) is 19.8 Å². The summed E-state index contributed by atoms with van der Waals surface area (Å²) in [5, 5.41) is 9.01. The fourth-order valence-electron chi connectivity index (χ4n) is 4.15. The van der Waals surface area contributed by atoms with Crippen LogP contribution in [0.4, 0.5) is 0 Å². The lowest BCUT2D eigenvalue weighted by molar-refractivity contribution is 0.0880. The average Bonchev–Trinajstić information content (AvgIpc) is 3.19. The first-order valence-electron chi connectivity index (χ1n) is 10.3. The molecule has 1 saturated heterocycles. The van der Waals surface area contributed by atoms with Gasteiger partial charge >= 0.3 is 0 Å². The Kier molecular flexibility index (Phi) is 4.98. The Hall–Kier alpha value is -3.16. The zero-order chi connectivity index (χ0) is 20.5. The third-order valence-electron chi connectivity index (χ3n) is 5.83. The quantitative estimate of drug-likeness (QED) is 0.526. The van der Waals surface area contributed by atoms with Crippen molar-refractivity contribution in [3.05, 3.63) is 78.1 Å². The van der Waals surface area contributed by atoms with E-state index in [2.05, 4.69) is 61.4 Å². The first-order chi connectivity index (χ1) is 14.7. The van der Waals surface area contributed by atoms with Gasteiger partial charge in [-0.2, -0.15) is 0 Å². The Balaban J connectivity index is 1.40. The van der Waals surface area contributed by atoms with Gasteiger partial charge in [0.25, 0.3) is 0 Å². The number of likely N-dealkylation sites (N-methyl/N-ethyl adjacent to an activating group) is 1. The molecule has 152 valence electrons. The van der Waals surface area contributed by atoms with Crippen molar-refractivity contribution in [2.75, 3.05) is 26.7 Å². The lowest BCUT2D eigenvalue weighted by Crippen LogP contribution is -2.46. The normalized spacial score (nSPS) is 18.1. The molecule has 0 aromatic carbocycles. The van der Waals surface area contributed by atoms with E-state index in [0.717, 1.165) is 59.9 Å². The van der Waals surface area contributed by atoms with Crippen LogP contribution in [0.25, 0.3) is 16.6 Å². The summed E-state index contributed by atoms with van der Waals surface area (Å²) >= 11 is 0. The summed E-state index contributed by atoms with van der Waals surface area (Å²) in [4.78, 5) is 13.6. The van der Waals surface area contributed by atoms with Crippen molar-refractivity contribution in [1.82, 2.24) is 34.6 Å². The molecule has 5 rings (SSSR count). The van der Waals surface area contributed by atoms with Crippen molar-refractivity contribution in [2.24, 2.45) is 0 Å². The molecule has 4 aromatic rings. The molecule has 30 heavy (non-hydrogen) atoms. The van der Waals surface area contributed by atoms with Crippen molar-refractivity contribution in [1.29, 1.82) is 0 Å². The average molecular weight is 400 g/mol. The fourth-order valence-corrected chi connectivity index (χ4v) is 4.15. The van der Waals surface area contributed by atoms with Crippen molar-refractivity contribution in [3.63, 3.8) is 0 Å². The number of pyridine rings is 3. The molecule has 1 aliphatic rings. The molecule has 1 fully saturated rings. The SMILES string of the molecule is Cc1cccc(CN2CCN(C)C(c3nnn4cc(-c5ccncc5)ccc34)C2)n1. The summed E-state index contributed by atoms with van der Waals surface area (Å²) in [7, 11) is 2.17. The van der Waals surface area contributed by atoms with Gasteiger partial charge in [-0.25, -0.2) is 4.52 Å². The summed E-state index contributed by atoms with van der Waals surface area (Å²) in [6.45, 7) is 5.82. The minimum atomic E-state index is 0.202. The number of hydrogen-bond donors (Lipinski definition) is 0. The largest absolute Gasteiger partial charge is 0.295 e. The number of aryl methyl sites for hydroxylation is 1. The summed E-state index contributed by atoms with van der Waals surface area (Å²) in [6, 6.07) is 14.7. The van der Waals surface area contributed by atoms with Gasteiger partial charge in [0.15, 0.2) is 0 Å². The van der Waals surface area contributed by atoms with Crippen molar-refractivity contribution in [3.8, 4) is 11.1 Å². The highest BCUT2D eigenvalue weighted by molar-refractivity contribution is 5.65. The van der Waals surface area contributed by atoms with E-state index in [9.17, 15) is 0 Å². The summed E-state index contributed by atoms with van der Waals surface area (Å²) in [6.07, 6.45) is 5.65. The maximum absolute atomic E-state index is 4.67. The maximum atomic E-state index is 4.67. The van der Waals surface area contributed by atoms with Crippen LogP contribution in [0.15, 0.2) is 61.1 Å². The third-order valence-corrected chi connectivity index (χ3v) is 5.83. The number of aromatic nitrogens is 5. The topological polar surface area (TPSA) is 62.5 Å². The summed E-state index contributed by atoms with van der Waals surface area (Å²) in [5.41, 5.74) is 6.49. The van der Waals surface area contributed by atoms with Crippen LogP contribution in [0, 0.1) is 6.92 Å². The van der Waals surface area contributed by atoms with Gasteiger partial charge in [-0.05, 0) is 49.9 Å². The number of nitrogens with zero attached hydrogens (tertiary/aromatic N) is 7. The summed E-state index contributed by atoms with van der Waals surface area (Å²) in [5.74, 6) is 0. The highest BCUT2D eigenvalue weighted by Crippen LogP contribution is 2.28. The zero-order valence-electron chi connectivity index (χ0n) is 17.3. The first kappa shape index (κ1) is 18.8. The van der Waals surface area contributed by atoms with Gasteiger partial charge in [0.1, 0.15) is 5.69 Å². The molecule has 0 N–H and O–H groups in total. The van der Waals surface area contributed by atoms with E-state index in [0.29, 0.717) is 0 Å². The van der Waals surface area contributed by atoms with Crippen molar-refractivity contribution >= 4 is 5.52 Å². The monoisotopic (exact) mass is 399 g/mol. The van der Waals surface area contributed by atoms with E-state index in [4.69, 9.17) is 0 Å². The Labute approximate surface area is 176 Å². The molecule has 0 spiro atoms. The minimum Gasteiger partial charge on any atom is -0.295 e. The molecule has 0 radical (unpaired) electrons. The number of rotatable bonds is 4. The molecule has 0 saturated carbocycles. The number of hydrogen-bond acceptors (Lipinski definition) is 6. The van der Waals surface area contributed by atoms with Gasteiger partial charge in [-0.15, -0.1) is 5.10 Å². The van der Waals surface area contributed by atoms with Gasteiger partial charge in [-0.1, -0.05) is 17.3 Å². The predicted octanol–water partition coefficient (Wildman–Crippen LogP) is 2.98. The van der Waals surface area contributed by atoms with Crippen molar-refractivity contribution < 1.29 is 0 Å². The highest BCUT2D eigenvalue weighted by Gasteiger charge is 2.29. The van der Waals surface area contributed by atoms with Gasteiger partial charge in [0.05, 0.1) is 17.3 Å². The lowest BCUT2D eigenvalue weighted by atomic mass is 10.1. The van der Waals surface area contributed by atoms with Crippen LogP contribution in [0.2, 0.25) is 0 Å². The van der Waals surface area contributed by atoms with E-state index in [-0.39, 0.29) is 6.04 Å². The van der Waals surface area contributed by atoms with E-state index in [1.54, 1.807) is 12.4 Å². The molecule has 1 unspecified atom stereocenters. The van der Waals surface area contributed by atoms with Crippen LogP contribution in [0.5, 0.6) is 0 Å². The first-order valence-corrected chi connectivity index (χ1v) is 10.3. The standard InChI is InChI=1S/C23H25N7/c1-17-4-3-5-20(25-17)15-29-13-12-28(2)22(16-29)23-21-7-6-19(14-30(21)27-26-23)18-8-10-24-11-9-18/h3-11,14,22H,12-13,15-16H2,1-2H3. The fraction of sp³-hybridized carbons (Fsp3) is 0.304. The molecule has 5 heterocycles. The zero-order valence-corrected chi connectivity index (χ0v) is 17.3. The second kappa shape index (κ2) is 7.93. The molecule has 1 atom stereocenters. The van der Waals surface area contributed by atoms with Crippen LogP contribution in [-0.2, 0) is 6.54 Å². The van der Waals surface area contributed by atoms with E-state index >= 15 is 0 Å². The highest BCUT2D eigenvalue weighted by atomic mass is 15.4. The van der Waals surface area contributed by atoms with Crippen LogP contribution < -0.4 is 0 Å². The molecule has 7 nitrogen and oxygen atoms in total. The van der Waals surface area contributed by atoms with E-state index < -0.39 is 0 Å². The Morgan fingerprint density at radius 1 is 1.00 bits per heavy atom. The maximum Gasteiger partial charge on any atom is 0.109 e. The molecule has 0 bridgehead atoms. The third kappa shape index (κ3) is 3.69. The Morgan fingerprint density at radius 2 is 1.87 bits per heavy atom. The Morgan fingerprint density at radius 3 is 2.70 bits per heavy atom. The molecule has 1 aliphatic heterocycles. The molecule has 0 aliphatic carbocycles. The van der Waals surface area contributed by atoms with Crippen LogP contribution in [0.1, 0.15) is 23.1 Å². The van der Waals surface area contributed by atoms with Crippen LogP contribution >= 0.6 is 0 Å². The van der Waals surface area contributed by atoms with Gasteiger partial charge < -0.3 is 0 Å². The van der Waals surface area contributed by atoms with E-state index in [1.807, 2.05) is 35.8 Å². The smallest absolute Gasteiger partial charge is 0.109 e. The Bertz CT molecular complexity index is 1150. The molecule has 4 aromatic heterocycles. The second-order valence-corrected chi connectivity index (χ2v) is 7.96. The molecular weight excluding hydrogens is 374 g/mol. The number of fused-ring (bicyclic) bond motifs is 1. The van der Waals surface area contributed by atoms with Crippen LogP contribution in [0.3, 0.4) is 0 Å². The molecular formula is C23H25N7. The predicted molar refractivity (Wildman–Crippen MR) is 116 cm³/mol. The molecule has 7 heteroatoms. The lowest BCUT2D eigenvalue weighted by Gasteiger charge is -2.38. The second-order valence-electron chi connectivity index (χ2n) is 7.96. The van der Waals surface area contributed by atoms with Gasteiger partial charge in [0.2, 0.25) is 0 Å². The molecule has 0 amide bonds. The van der Waals surface area contributed by atoms with E-state index in [1.165, 1.54) is 0 Å².